The van der Waals surface area contributed by atoms with Gasteiger partial charge in [0.05, 0.1) is 12.0 Å². The van der Waals surface area contributed by atoms with Gasteiger partial charge in [-0.1, -0.05) is 84.9 Å². The number of nitrogens with zero attached hydrogens (tertiary/aromatic N) is 1. The average molecular weight is 366 g/mol. The lowest BCUT2D eigenvalue weighted by Gasteiger charge is -2.09. The summed E-state index contributed by atoms with van der Waals surface area (Å²) in [7, 11) is 0. The Balaban J connectivity index is 1.66. The van der Waals surface area contributed by atoms with Crippen LogP contribution in [0.3, 0.4) is 0 Å². The van der Waals surface area contributed by atoms with Crippen LogP contribution < -0.4 is 5.43 Å². The van der Waals surface area contributed by atoms with E-state index >= 15 is 0 Å². The Morgan fingerprint density at radius 1 is 0.679 bits per heavy atom. The van der Waals surface area contributed by atoms with Crippen molar-refractivity contribution in [2.45, 2.75) is 0 Å². The van der Waals surface area contributed by atoms with Crippen LogP contribution in [0.2, 0.25) is 0 Å². The predicted molar refractivity (Wildman–Crippen MR) is 110 cm³/mol. The molecular weight excluding hydrogens is 348 g/mol. The highest BCUT2D eigenvalue weighted by Crippen LogP contribution is 2.20. The minimum atomic E-state index is -0.390. The molecule has 1 N–H and O–H groups in total. The zero-order chi connectivity index (χ0) is 19.2. The monoisotopic (exact) mass is 366 g/mol. The van der Waals surface area contributed by atoms with Crippen LogP contribution in [0, 0.1) is 0 Å². The Kier molecular flexibility index (Phi) is 5.11. The molecule has 1 amide bonds. The maximum Gasteiger partial charge on any atom is 0.307 e. The molecule has 0 spiro atoms. The van der Waals surface area contributed by atoms with Crippen molar-refractivity contribution in [3.63, 3.8) is 0 Å². The highest BCUT2D eigenvalue weighted by molar-refractivity contribution is 6.13. The lowest BCUT2D eigenvalue weighted by molar-refractivity contribution is 0.0927. The van der Waals surface area contributed by atoms with Crippen molar-refractivity contribution in [2.75, 3.05) is 0 Å². The summed E-state index contributed by atoms with van der Waals surface area (Å²) < 4.78 is 5.12. The van der Waals surface area contributed by atoms with Gasteiger partial charge in [-0.15, -0.1) is 0 Å². The molecule has 0 aliphatic carbocycles. The van der Waals surface area contributed by atoms with E-state index < -0.39 is 0 Å². The van der Waals surface area contributed by atoms with E-state index in [4.69, 9.17) is 4.42 Å². The van der Waals surface area contributed by atoms with E-state index in [9.17, 15) is 4.79 Å². The number of amides is 1. The predicted octanol–water partition coefficient (Wildman–Crippen LogP) is 5.13. The van der Waals surface area contributed by atoms with E-state index in [0.29, 0.717) is 5.71 Å². The summed E-state index contributed by atoms with van der Waals surface area (Å²) >= 11 is 0. The fourth-order valence-corrected chi connectivity index (χ4v) is 2.91. The number of carbonyl (C=O) groups is 1. The first-order valence-corrected chi connectivity index (χ1v) is 8.94. The molecule has 1 aromatic heterocycles. The Morgan fingerprint density at radius 2 is 1.29 bits per heavy atom. The molecule has 1 heterocycles. The number of furan rings is 1. The Hall–Kier alpha value is -3.92. The van der Waals surface area contributed by atoms with Gasteiger partial charge < -0.3 is 4.42 Å². The molecule has 4 rings (SSSR count). The van der Waals surface area contributed by atoms with Crippen LogP contribution in [-0.4, -0.2) is 11.6 Å². The van der Waals surface area contributed by atoms with Gasteiger partial charge in [-0.3, -0.25) is 4.79 Å². The van der Waals surface area contributed by atoms with Gasteiger partial charge in [0.1, 0.15) is 0 Å². The van der Waals surface area contributed by atoms with Crippen molar-refractivity contribution in [1.82, 2.24) is 5.43 Å². The molecule has 0 radical (unpaired) electrons. The highest BCUT2D eigenvalue weighted by Gasteiger charge is 2.11. The van der Waals surface area contributed by atoms with Crippen molar-refractivity contribution in [3.05, 3.63) is 120 Å². The van der Waals surface area contributed by atoms with Gasteiger partial charge >= 0.3 is 5.91 Å². The van der Waals surface area contributed by atoms with Gasteiger partial charge in [-0.2, -0.15) is 5.10 Å². The number of nitrogens with one attached hydrogen (secondary N) is 1. The SMILES string of the molecule is O=C(N/N=C(/c1ccccc1)c1ccc(-c2ccccc2)cc1)c1ccco1. The van der Waals surface area contributed by atoms with E-state index in [-0.39, 0.29) is 11.7 Å². The van der Waals surface area contributed by atoms with Crippen molar-refractivity contribution in [2.24, 2.45) is 5.10 Å². The molecule has 28 heavy (non-hydrogen) atoms. The third-order valence-corrected chi connectivity index (χ3v) is 4.33. The molecule has 4 nitrogen and oxygen atoms in total. The second kappa shape index (κ2) is 8.18. The topological polar surface area (TPSA) is 54.6 Å². The normalized spacial score (nSPS) is 11.2. The molecule has 0 unspecified atom stereocenters. The van der Waals surface area contributed by atoms with Crippen molar-refractivity contribution < 1.29 is 9.21 Å². The van der Waals surface area contributed by atoms with E-state index in [2.05, 4.69) is 34.8 Å². The van der Waals surface area contributed by atoms with Crippen LogP contribution >= 0.6 is 0 Å². The van der Waals surface area contributed by atoms with Crippen LogP contribution in [0.1, 0.15) is 21.7 Å². The molecule has 4 aromatic rings. The summed E-state index contributed by atoms with van der Waals surface area (Å²) in [5.74, 6) is -0.171. The first-order chi connectivity index (χ1) is 13.8. The number of hydrazone groups is 1. The van der Waals surface area contributed by atoms with Gasteiger partial charge in [0.25, 0.3) is 0 Å². The zero-order valence-electron chi connectivity index (χ0n) is 15.1. The van der Waals surface area contributed by atoms with E-state index in [0.717, 1.165) is 22.3 Å². The third kappa shape index (κ3) is 3.91. The minimum absolute atomic E-state index is 0.218. The fraction of sp³-hybridized carbons (Fsp3) is 0. The number of benzene rings is 3. The minimum Gasteiger partial charge on any atom is -0.459 e. The second-order valence-corrected chi connectivity index (χ2v) is 6.19. The van der Waals surface area contributed by atoms with Gasteiger partial charge in [-0.25, -0.2) is 5.43 Å². The molecule has 0 bridgehead atoms. The smallest absolute Gasteiger partial charge is 0.307 e. The summed E-state index contributed by atoms with van der Waals surface area (Å²) in [6, 6.07) is 31.3. The first kappa shape index (κ1) is 17.5. The molecule has 0 fully saturated rings. The van der Waals surface area contributed by atoms with Crippen LogP contribution in [0.25, 0.3) is 11.1 Å². The van der Waals surface area contributed by atoms with Gasteiger partial charge in [0.2, 0.25) is 0 Å². The molecule has 0 saturated heterocycles. The standard InChI is InChI=1S/C24H18N2O2/c27-24(22-12-7-17-28-22)26-25-23(20-10-5-2-6-11-20)21-15-13-19(14-16-21)18-8-3-1-4-9-18/h1-17H,(H,26,27)/b25-23-. The molecule has 0 aliphatic heterocycles. The van der Waals surface area contributed by atoms with Gasteiger partial charge in [0, 0.05) is 11.1 Å². The second-order valence-electron chi connectivity index (χ2n) is 6.19. The van der Waals surface area contributed by atoms with Crippen LogP contribution in [0.5, 0.6) is 0 Å². The largest absolute Gasteiger partial charge is 0.459 e. The Labute approximate surface area is 163 Å². The zero-order valence-corrected chi connectivity index (χ0v) is 15.1. The lowest BCUT2D eigenvalue weighted by atomic mass is 9.99. The third-order valence-electron chi connectivity index (χ3n) is 4.33. The number of carbonyl (C=O) groups excluding carboxylic acids is 1. The van der Waals surface area contributed by atoms with Crippen LogP contribution in [0.4, 0.5) is 0 Å². The van der Waals surface area contributed by atoms with E-state index in [1.54, 1.807) is 12.1 Å². The average Bonchev–Trinajstić information content (AvgIpc) is 3.31. The summed E-state index contributed by atoms with van der Waals surface area (Å²) in [5.41, 5.74) is 7.36. The molecule has 4 heteroatoms. The Bertz CT molecular complexity index is 1070. The van der Waals surface area contributed by atoms with Crippen molar-refractivity contribution in [3.8, 4) is 11.1 Å². The summed E-state index contributed by atoms with van der Waals surface area (Å²) in [5, 5.41) is 4.38. The molecule has 0 saturated carbocycles. The number of hydrogen-bond acceptors (Lipinski definition) is 3. The van der Waals surface area contributed by atoms with Gasteiger partial charge in [0.15, 0.2) is 5.76 Å². The number of hydrogen-bond donors (Lipinski definition) is 1. The number of rotatable bonds is 5. The highest BCUT2D eigenvalue weighted by atomic mass is 16.3. The molecular formula is C24H18N2O2. The molecule has 136 valence electrons. The summed E-state index contributed by atoms with van der Waals surface area (Å²) in [4.78, 5) is 12.2. The van der Waals surface area contributed by atoms with E-state index in [1.165, 1.54) is 6.26 Å². The Morgan fingerprint density at radius 3 is 1.93 bits per heavy atom. The quantitative estimate of drug-likeness (QED) is 0.393. The van der Waals surface area contributed by atoms with Crippen molar-refractivity contribution >= 4 is 11.6 Å². The molecule has 3 aromatic carbocycles. The fourth-order valence-electron chi connectivity index (χ4n) is 2.91. The molecule has 0 aliphatic rings. The van der Waals surface area contributed by atoms with Gasteiger partial charge in [-0.05, 0) is 23.3 Å². The summed E-state index contributed by atoms with van der Waals surface area (Å²) in [6.07, 6.45) is 1.46. The molecule has 0 atom stereocenters. The van der Waals surface area contributed by atoms with Crippen LogP contribution in [0.15, 0.2) is 113 Å². The van der Waals surface area contributed by atoms with Crippen molar-refractivity contribution in [1.29, 1.82) is 0 Å². The van der Waals surface area contributed by atoms with Crippen LogP contribution in [-0.2, 0) is 0 Å². The lowest BCUT2D eigenvalue weighted by Crippen LogP contribution is -2.20. The summed E-state index contributed by atoms with van der Waals surface area (Å²) in [6.45, 7) is 0. The maximum absolute atomic E-state index is 12.2. The first-order valence-electron chi connectivity index (χ1n) is 8.94. The maximum atomic E-state index is 12.2. The van der Waals surface area contributed by atoms with E-state index in [1.807, 2.05) is 60.7 Å².